The summed E-state index contributed by atoms with van der Waals surface area (Å²) >= 11 is 0. The second kappa shape index (κ2) is 7.03. The molecule has 2 aromatic carbocycles. The molecule has 0 unspecified atom stereocenters. The summed E-state index contributed by atoms with van der Waals surface area (Å²) in [5, 5.41) is 28.5. The lowest BCUT2D eigenvalue weighted by Crippen LogP contribution is -2.37. The lowest BCUT2D eigenvalue weighted by Gasteiger charge is -2.32. The van der Waals surface area contributed by atoms with Gasteiger partial charge < -0.3 is 26.0 Å². The third-order valence-electron chi connectivity index (χ3n) is 4.76. The molecule has 5 N–H and O–H groups in total. The first-order valence-electron chi connectivity index (χ1n) is 8.32. The number of nitrogens with two attached hydrogens (primary N) is 1. The molecule has 3 rings (SSSR count). The van der Waals surface area contributed by atoms with E-state index in [0.29, 0.717) is 25.6 Å². The zero-order valence-corrected chi connectivity index (χ0v) is 13.9. The smallest absolute Gasteiger partial charge is 0.254 e. The van der Waals surface area contributed by atoms with Crippen molar-refractivity contribution < 1.29 is 20.1 Å². The van der Waals surface area contributed by atoms with Crippen molar-refractivity contribution in [1.82, 2.24) is 4.90 Å². The van der Waals surface area contributed by atoms with Gasteiger partial charge in [-0.05, 0) is 42.0 Å². The van der Waals surface area contributed by atoms with Crippen LogP contribution in [0.4, 0.5) is 0 Å². The Hall–Kier alpha value is -2.73. The molecule has 1 saturated heterocycles. The number of rotatable bonds is 3. The molecule has 0 saturated carbocycles. The molecule has 6 heteroatoms. The third kappa shape index (κ3) is 3.53. The zero-order chi connectivity index (χ0) is 18.0. The molecule has 1 amide bonds. The predicted molar refractivity (Wildman–Crippen MR) is 93.6 cm³/mol. The highest BCUT2D eigenvalue weighted by Gasteiger charge is 2.25. The summed E-state index contributed by atoms with van der Waals surface area (Å²) in [4.78, 5) is 14.3. The first-order chi connectivity index (χ1) is 12.0. The number of aromatic hydroxyl groups is 3. The van der Waals surface area contributed by atoms with Gasteiger partial charge in [0.25, 0.3) is 5.91 Å². The SMILES string of the molecule is NCc1cccc(C2CCN(C(=O)c3cc(O)c(O)c(O)c3)CC2)c1. The summed E-state index contributed by atoms with van der Waals surface area (Å²) in [6.45, 7) is 1.70. The van der Waals surface area contributed by atoms with Crippen LogP contribution >= 0.6 is 0 Å². The van der Waals surface area contributed by atoms with E-state index in [-0.39, 0.29) is 11.5 Å². The number of hydrogen-bond donors (Lipinski definition) is 4. The Morgan fingerprint density at radius 2 is 1.72 bits per heavy atom. The van der Waals surface area contributed by atoms with Gasteiger partial charge in [0.2, 0.25) is 0 Å². The molecule has 0 aliphatic carbocycles. The molecule has 0 atom stereocenters. The van der Waals surface area contributed by atoms with Gasteiger partial charge in [-0.15, -0.1) is 0 Å². The van der Waals surface area contributed by atoms with Gasteiger partial charge in [0.05, 0.1) is 0 Å². The number of piperidine rings is 1. The van der Waals surface area contributed by atoms with Crippen LogP contribution in [0.2, 0.25) is 0 Å². The molecule has 6 nitrogen and oxygen atoms in total. The van der Waals surface area contributed by atoms with Gasteiger partial charge in [0.15, 0.2) is 17.2 Å². The fourth-order valence-corrected chi connectivity index (χ4v) is 3.30. The number of amides is 1. The maximum absolute atomic E-state index is 12.6. The minimum Gasteiger partial charge on any atom is -0.504 e. The van der Waals surface area contributed by atoms with Crippen LogP contribution in [-0.4, -0.2) is 39.2 Å². The highest BCUT2D eigenvalue weighted by Crippen LogP contribution is 2.36. The van der Waals surface area contributed by atoms with Crippen molar-refractivity contribution in [3.63, 3.8) is 0 Å². The molecule has 1 fully saturated rings. The van der Waals surface area contributed by atoms with E-state index >= 15 is 0 Å². The minimum absolute atomic E-state index is 0.163. The van der Waals surface area contributed by atoms with Crippen molar-refractivity contribution in [2.75, 3.05) is 13.1 Å². The van der Waals surface area contributed by atoms with Gasteiger partial charge in [0.1, 0.15) is 0 Å². The van der Waals surface area contributed by atoms with Crippen molar-refractivity contribution in [3.05, 3.63) is 53.1 Å². The predicted octanol–water partition coefficient (Wildman–Crippen LogP) is 2.28. The van der Waals surface area contributed by atoms with E-state index in [1.54, 1.807) is 4.90 Å². The van der Waals surface area contributed by atoms with Crippen LogP contribution in [0, 0.1) is 0 Å². The Bertz CT molecular complexity index is 760. The van der Waals surface area contributed by atoms with Gasteiger partial charge in [-0.1, -0.05) is 24.3 Å². The van der Waals surface area contributed by atoms with E-state index in [1.807, 2.05) is 12.1 Å². The number of hydrogen-bond acceptors (Lipinski definition) is 5. The molecule has 0 radical (unpaired) electrons. The monoisotopic (exact) mass is 342 g/mol. The summed E-state index contributed by atoms with van der Waals surface area (Å²) in [5.74, 6) is -1.50. The summed E-state index contributed by atoms with van der Waals surface area (Å²) in [6, 6.07) is 10.6. The second-order valence-electron chi connectivity index (χ2n) is 6.38. The fourth-order valence-electron chi connectivity index (χ4n) is 3.30. The van der Waals surface area contributed by atoms with Crippen molar-refractivity contribution in [3.8, 4) is 17.2 Å². The van der Waals surface area contributed by atoms with Gasteiger partial charge >= 0.3 is 0 Å². The number of likely N-dealkylation sites (tertiary alicyclic amines) is 1. The molecule has 1 aliphatic rings. The average molecular weight is 342 g/mol. The third-order valence-corrected chi connectivity index (χ3v) is 4.76. The zero-order valence-electron chi connectivity index (χ0n) is 13.9. The Morgan fingerprint density at radius 1 is 1.08 bits per heavy atom. The van der Waals surface area contributed by atoms with Crippen molar-refractivity contribution in [2.45, 2.75) is 25.3 Å². The summed E-state index contributed by atoms with van der Waals surface area (Å²) in [5.41, 5.74) is 8.21. The molecular weight excluding hydrogens is 320 g/mol. The molecular formula is C19H22N2O4. The molecule has 1 heterocycles. The van der Waals surface area contributed by atoms with Crippen molar-refractivity contribution >= 4 is 5.91 Å². The van der Waals surface area contributed by atoms with E-state index in [9.17, 15) is 20.1 Å². The number of benzene rings is 2. The highest BCUT2D eigenvalue weighted by molar-refractivity contribution is 5.95. The van der Waals surface area contributed by atoms with E-state index in [0.717, 1.165) is 18.4 Å². The van der Waals surface area contributed by atoms with Crippen LogP contribution in [0.15, 0.2) is 36.4 Å². The van der Waals surface area contributed by atoms with E-state index < -0.39 is 17.2 Å². The largest absolute Gasteiger partial charge is 0.504 e. The standard InChI is InChI=1S/C19H22N2O4/c20-11-12-2-1-3-14(8-12)13-4-6-21(7-5-13)19(25)15-9-16(22)18(24)17(23)10-15/h1-3,8-10,13,22-24H,4-7,11,20H2. The molecule has 0 spiro atoms. The Balaban J connectivity index is 1.68. The number of carbonyl (C=O) groups is 1. The van der Waals surface area contributed by atoms with Crippen LogP contribution in [0.3, 0.4) is 0 Å². The first-order valence-corrected chi connectivity index (χ1v) is 8.32. The lowest BCUT2D eigenvalue weighted by atomic mass is 9.88. The molecule has 132 valence electrons. The van der Waals surface area contributed by atoms with Gasteiger partial charge in [-0.25, -0.2) is 0 Å². The average Bonchev–Trinajstić information content (AvgIpc) is 2.65. The highest BCUT2D eigenvalue weighted by atomic mass is 16.3. The first kappa shape index (κ1) is 17.1. The Labute approximate surface area is 146 Å². The lowest BCUT2D eigenvalue weighted by molar-refractivity contribution is 0.0712. The van der Waals surface area contributed by atoms with E-state index in [4.69, 9.17) is 5.73 Å². The molecule has 0 bridgehead atoms. The van der Waals surface area contributed by atoms with Gasteiger partial charge in [0, 0.05) is 25.2 Å². The second-order valence-corrected chi connectivity index (χ2v) is 6.38. The normalized spacial score (nSPS) is 15.3. The Kier molecular flexibility index (Phi) is 4.81. The molecule has 25 heavy (non-hydrogen) atoms. The van der Waals surface area contributed by atoms with Crippen molar-refractivity contribution in [1.29, 1.82) is 0 Å². The summed E-state index contributed by atoms with van der Waals surface area (Å²) in [7, 11) is 0. The Morgan fingerprint density at radius 3 is 2.32 bits per heavy atom. The minimum atomic E-state index is -0.616. The molecule has 1 aliphatic heterocycles. The maximum atomic E-state index is 12.6. The van der Waals surface area contributed by atoms with Gasteiger partial charge in [-0.2, -0.15) is 0 Å². The quantitative estimate of drug-likeness (QED) is 0.640. The van der Waals surface area contributed by atoms with Gasteiger partial charge in [-0.3, -0.25) is 4.79 Å². The van der Waals surface area contributed by atoms with Crippen LogP contribution < -0.4 is 5.73 Å². The molecule has 2 aromatic rings. The number of phenols is 3. The topological polar surface area (TPSA) is 107 Å². The number of carbonyl (C=O) groups excluding carboxylic acids is 1. The van der Waals surface area contributed by atoms with Crippen LogP contribution in [-0.2, 0) is 6.54 Å². The van der Waals surface area contributed by atoms with Crippen molar-refractivity contribution in [2.24, 2.45) is 5.73 Å². The summed E-state index contributed by atoms with van der Waals surface area (Å²) < 4.78 is 0. The number of nitrogens with zero attached hydrogens (tertiary/aromatic N) is 1. The fraction of sp³-hybridized carbons (Fsp3) is 0.316. The van der Waals surface area contributed by atoms with E-state index in [1.165, 1.54) is 17.7 Å². The van der Waals surface area contributed by atoms with E-state index in [2.05, 4.69) is 12.1 Å². The number of phenolic OH excluding ortho intramolecular Hbond substituents is 3. The molecule has 0 aromatic heterocycles. The van der Waals surface area contributed by atoms with Crippen LogP contribution in [0.25, 0.3) is 0 Å². The van der Waals surface area contributed by atoms with Crippen LogP contribution in [0.1, 0.15) is 40.2 Å². The maximum Gasteiger partial charge on any atom is 0.254 e. The van der Waals surface area contributed by atoms with Crippen LogP contribution in [0.5, 0.6) is 17.2 Å². The summed E-state index contributed by atoms with van der Waals surface area (Å²) in [6.07, 6.45) is 1.69.